The quantitative estimate of drug-likeness (QED) is 0.399. The van der Waals surface area contributed by atoms with Gasteiger partial charge in [-0.3, -0.25) is 28.5 Å². The molecule has 6 rings (SSSR count). The maximum absolute atomic E-state index is 13.6. The van der Waals surface area contributed by atoms with E-state index in [1.807, 2.05) is 26.1 Å². The number of hydrogen-bond acceptors (Lipinski definition) is 6. The number of anilines is 2. The largest absolute Gasteiger partial charge is 0.364 e. The molecule has 2 aliphatic rings. The summed E-state index contributed by atoms with van der Waals surface area (Å²) in [4.78, 5) is 45.4. The predicted molar refractivity (Wildman–Crippen MR) is 143 cm³/mol. The first kappa shape index (κ1) is 23.9. The van der Waals surface area contributed by atoms with Gasteiger partial charge in [-0.1, -0.05) is 6.07 Å². The molecule has 10 nitrogen and oxygen atoms in total. The van der Waals surface area contributed by atoms with Gasteiger partial charge >= 0.3 is 0 Å². The van der Waals surface area contributed by atoms with Crippen LogP contribution in [0.5, 0.6) is 0 Å². The van der Waals surface area contributed by atoms with E-state index in [4.69, 9.17) is 0 Å². The Kier molecular flexibility index (Phi) is 5.94. The molecular weight excluding hydrogens is 482 g/mol. The smallest absolute Gasteiger partial charge is 0.261 e. The number of aryl methyl sites for hydroxylation is 3. The van der Waals surface area contributed by atoms with Gasteiger partial charge in [-0.25, -0.2) is 4.98 Å². The number of fused-ring (bicyclic) bond motifs is 3. The van der Waals surface area contributed by atoms with Gasteiger partial charge in [0.2, 0.25) is 0 Å². The molecule has 6 heterocycles. The minimum Gasteiger partial charge on any atom is -0.364 e. The fraction of sp³-hybridized carbons (Fsp3) is 0.321. The summed E-state index contributed by atoms with van der Waals surface area (Å²) in [5.41, 5.74) is 4.81. The van der Waals surface area contributed by atoms with Gasteiger partial charge < -0.3 is 9.88 Å². The number of carbonyl (C=O) groups excluding carboxylic acids is 2. The van der Waals surface area contributed by atoms with E-state index in [1.54, 1.807) is 40.2 Å². The number of hydrogen-bond donors (Lipinski definition) is 1. The molecule has 38 heavy (non-hydrogen) atoms. The summed E-state index contributed by atoms with van der Waals surface area (Å²) in [5.74, 6) is 0.795. The molecule has 0 radical (unpaired) electrons. The standard InChI is InChI=1S/C28H29N7O3/c1-18-14-25(31-32(18)2)30-16-19-6-5-12-34(27(19)37)23-8-10-29-26(22(23)17-36)35-13-9-24-21(28(35)38)15-20-7-3-4-11-33(20)24/h5-6,8,10,12,14-15,17H,3-4,7,9,11,13,16H2,1-2H3,(H,30,31). The molecule has 0 spiro atoms. The van der Waals surface area contributed by atoms with Crippen LogP contribution in [0.1, 0.15) is 56.2 Å². The number of nitrogens with zero attached hydrogens (tertiary/aromatic N) is 6. The van der Waals surface area contributed by atoms with E-state index in [2.05, 4.69) is 20.0 Å². The molecule has 0 saturated carbocycles. The molecule has 1 amide bonds. The third kappa shape index (κ3) is 3.93. The molecular formula is C28H29N7O3. The summed E-state index contributed by atoms with van der Waals surface area (Å²) in [6.45, 7) is 3.60. The van der Waals surface area contributed by atoms with Crippen molar-refractivity contribution in [1.29, 1.82) is 0 Å². The van der Waals surface area contributed by atoms with E-state index < -0.39 is 0 Å². The van der Waals surface area contributed by atoms with Gasteiger partial charge in [0.1, 0.15) is 11.6 Å². The summed E-state index contributed by atoms with van der Waals surface area (Å²) in [5, 5.41) is 7.56. The molecule has 0 aromatic carbocycles. The lowest BCUT2D eigenvalue weighted by molar-refractivity contribution is 0.0979. The van der Waals surface area contributed by atoms with Crippen molar-refractivity contribution in [2.24, 2.45) is 7.05 Å². The lowest BCUT2D eigenvalue weighted by Gasteiger charge is -2.29. The molecule has 10 heteroatoms. The van der Waals surface area contributed by atoms with Crippen LogP contribution in [0.4, 0.5) is 11.6 Å². The molecule has 1 N–H and O–H groups in total. The van der Waals surface area contributed by atoms with Gasteiger partial charge in [0.25, 0.3) is 11.5 Å². The fourth-order valence-electron chi connectivity index (χ4n) is 5.52. The average Bonchev–Trinajstić information content (AvgIpc) is 3.47. The third-order valence-corrected chi connectivity index (χ3v) is 7.59. The zero-order chi connectivity index (χ0) is 26.4. The number of nitrogens with one attached hydrogen (secondary N) is 1. The Morgan fingerprint density at radius 1 is 1.11 bits per heavy atom. The zero-order valence-electron chi connectivity index (χ0n) is 21.5. The van der Waals surface area contributed by atoms with Gasteiger partial charge in [0, 0.05) is 74.2 Å². The molecule has 194 valence electrons. The first-order chi connectivity index (χ1) is 18.5. The van der Waals surface area contributed by atoms with Crippen LogP contribution in [0.25, 0.3) is 5.69 Å². The van der Waals surface area contributed by atoms with Crippen molar-refractivity contribution in [3.05, 3.63) is 86.9 Å². The van der Waals surface area contributed by atoms with Crippen LogP contribution in [-0.2, 0) is 33.0 Å². The summed E-state index contributed by atoms with van der Waals surface area (Å²) in [7, 11) is 1.86. The molecule has 0 aliphatic carbocycles. The van der Waals surface area contributed by atoms with Crippen molar-refractivity contribution in [2.45, 2.75) is 45.7 Å². The van der Waals surface area contributed by atoms with Crippen LogP contribution < -0.4 is 15.8 Å². The van der Waals surface area contributed by atoms with Gasteiger partial charge in [0.15, 0.2) is 6.29 Å². The van der Waals surface area contributed by atoms with E-state index in [1.165, 1.54) is 10.3 Å². The van der Waals surface area contributed by atoms with Crippen molar-refractivity contribution < 1.29 is 9.59 Å². The molecule has 0 fully saturated rings. The minimum absolute atomic E-state index is 0.156. The van der Waals surface area contributed by atoms with Crippen LogP contribution in [0.3, 0.4) is 0 Å². The van der Waals surface area contributed by atoms with Crippen molar-refractivity contribution >= 4 is 23.8 Å². The summed E-state index contributed by atoms with van der Waals surface area (Å²) < 4.78 is 5.48. The number of rotatable bonds is 6. The number of amides is 1. The Morgan fingerprint density at radius 3 is 2.76 bits per heavy atom. The number of aldehydes is 1. The van der Waals surface area contributed by atoms with Gasteiger partial charge in [-0.2, -0.15) is 5.10 Å². The van der Waals surface area contributed by atoms with Crippen LogP contribution in [-0.4, -0.2) is 42.6 Å². The second kappa shape index (κ2) is 9.44. The Morgan fingerprint density at radius 2 is 1.97 bits per heavy atom. The van der Waals surface area contributed by atoms with Crippen LogP contribution >= 0.6 is 0 Å². The Labute approximate surface area is 219 Å². The molecule has 0 bridgehead atoms. The van der Waals surface area contributed by atoms with Crippen LogP contribution in [0, 0.1) is 6.92 Å². The monoisotopic (exact) mass is 511 g/mol. The Bertz CT molecular complexity index is 1610. The van der Waals surface area contributed by atoms with Crippen LogP contribution in [0.15, 0.2) is 47.5 Å². The van der Waals surface area contributed by atoms with Crippen molar-refractivity contribution in [1.82, 2.24) is 23.9 Å². The van der Waals surface area contributed by atoms with E-state index in [0.717, 1.165) is 37.2 Å². The molecule has 0 unspecified atom stereocenters. The zero-order valence-corrected chi connectivity index (χ0v) is 21.5. The second-order valence-electron chi connectivity index (χ2n) is 9.85. The number of aromatic nitrogens is 5. The van der Waals surface area contributed by atoms with E-state index in [-0.39, 0.29) is 29.4 Å². The lowest BCUT2D eigenvalue weighted by Crippen LogP contribution is -2.39. The molecule has 0 atom stereocenters. The van der Waals surface area contributed by atoms with Crippen LogP contribution in [0.2, 0.25) is 0 Å². The highest BCUT2D eigenvalue weighted by atomic mass is 16.2. The third-order valence-electron chi connectivity index (χ3n) is 7.59. The molecule has 0 saturated heterocycles. The SMILES string of the molecule is Cc1cc(NCc2cccn(-c3ccnc(N4CCc5c(cc6n5CCCC6)C4=O)c3C=O)c2=O)nn1C. The number of pyridine rings is 2. The van der Waals surface area contributed by atoms with E-state index in [9.17, 15) is 14.4 Å². The summed E-state index contributed by atoms with van der Waals surface area (Å²) >= 11 is 0. The number of carbonyl (C=O) groups is 2. The molecule has 4 aromatic rings. The maximum Gasteiger partial charge on any atom is 0.261 e. The van der Waals surface area contributed by atoms with Gasteiger partial charge in [-0.05, 0) is 44.4 Å². The van der Waals surface area contributed by atoms with Crippen molar-refractivity contribution in [3.8, 4) is 5.69 Å². The highest BCUT2D eigenvalue weighted by Crippen LogP contribution is 2.31. The highest BCUT2D eigenvalue weighted by Gasteiger charge is 2.33. The van der Waals surface area contributed by atoms with Gasteiger partial charge in [-0.15, -0.1) is 0 Å². The van der Waals surface area contributed by atoms with E-state index in [0.29, 0.717) is 41.9 Å². The normalized spacial score (nSPS) is 14.8. The molecule has 2 aliphatic heterocycles. The second-order valence-corrected chi connectivity index (χ2v) is 9.85. The summed E-state index contributed by atoms with van der Waals surface area (Å²) in [6, 6.07) is 9.04. The van der Waals surface area contributed by atoms with E-state index >= 15 is 0 Å². The van der Waals surface area contributed by atoms with Gasteiger partial charge in [0.05, 0.1) is 16.8 Å². The highest BCUT2D eigenvalue weighted by molar-refractivity contribution is 6.10. The maximum atomic E-state index is 13.6. The first-order valence-electron chi connectivity index (χ1n) is 12.9. The minimum atomic E-state index is -0.264. The Balaban J connectivity index is 1.33. The Hall–Kier alpha value is -4.47. The average molecular weight is 512 g/mol. The molecule has 4 aromatic heterocycles. The topological polar surface area (TPSA) is 107 Å². The predicted octanol–water partition coefficient (Wildman–Crippen LogP) is 3.04. The summed E-state index contributed by atoms with van der Waals surface area (Å²) in [6.07, 6.45) is 7.76. The first-order valence-corrected chi connectivity index (χ1v) is 12.9. The lowest BCUT2D eigenvalue weighted by atomic mass is 10.1. The fourth-order valence-corrected chi connectivity index (χ4v) is 5.52. The van der Waals surface area contributed by atoms with Crippen molar-refractivity contribution in [2.75, 3.05) is 16.8 Å². The van der Waals surface area contributed by atoms with Crippen molar-refractivity contribution in [3.63, 3.8) is 0 Å².